The Balaban J connectivity index is 0.739. The van der Waals surface area contributed by atoms with Crippen molar-refractivity contribution in [3.05, 3.63) is 76.6 Å². The average Bonchev–Trinajstić information content (AvgIpc) is 1.40. The highest BCUT2D eigenvalue weighted by Gasteiger charge is 3.01. The molecule has 31 heteroatoms. The lowest BCUT2D eigenvalue weighted by atomic mass is 9.72. The topological polar surface area (TPSA) is 396 Å². The number of phosphoric acid groups is 1. The Kier molecular flexibility index (Phi) is 20.2. The minimum absolute atomic E-state index is 0.0270. The monoisotopic (exact) mass is 1370 g/mol. The smallest absolute Gasteiger partial charge is 0.445 e. The van der Waals surface area contributed by atoms with E-state index in [0.717, 1.165) is 27.6 Å². The SMILES string of the molecule is CC(=O)N[C@@H](CCCCN)C(=O)N[C@H](C(=O)N[C@@H](CCCNC(N)=O)C(=O)Nc1ccc(COC(=O)N(C)CCN(C)C(=O)Oc2cc3c(c4c(C)c[nH]c24)[C@H](CCl)CN3C(=O)C23CC4(C(=O)N5C[C@@H](CCl)c6c5cc(OP(=O)(O)O)c5[nH]cc(C)c65)CC24C3)cc1)C(C)C. The number of fused-ring (bicyclic) bond motifs is 6. The number of primary amides is 1. The third-order valence-corrected chi connectivity index (χ3v) is 20.6. The summed E-state index contributed by atoms with van der Waals surface area (Å²) in [7, 11) is -1.97. The molecule has 10 rings (SSSR count). The first-order valence-corrected chi connectivity index (χ1v) is 34.2. The number of anilines is 3. The molecule has 2 aliphatic heterocycles. The Morgan fingerprint density at radius 2 is 1.27 bits per heavy atom. The number of amides is 10. The molecule has 0 radical (unpaired) electrons. The molecular formula is C64H82Cl2N13O15P. The molecule has 3 aliphatic carbocycles. The van der Waals surface area contributed by atoms with Crippen molar-refractivity contribution in [2.75, 3.05) is 80.2 Å². The molecule has 4 heterocycles. The number of carbonyl (C=O) groups excluding carboxylic acids is 9. The van der Waals surface area contributed by atoms with Crippen molar-refractivity contribution in [2.24, 2.45) is 33.6 Å². The molecule has 8 atom stereocenters. The first-order chi connectivity index (χ1) is 45.0. The van der Waals surface area contributed by atoms with Gasteiger partial charge in [-0.1, -0.05) is 26.0 Å². The second-order valence-electron chi connectivity index (χ2n) is 26.2. The van der Waals surface area contributed by atoms with E-state index in [4.69, 9.17) is 48.7 Å². The van der Waals surface area contributed by atoms with Crippen molar-refractivity contribution in [1.82, 2.24) is 41.0 Å². The van der Waals surface area contributed by atoms with Crippen molar-refractivity contribution in [3.63, 3.8) is 0 Å². The minimum atomic E-state index is -5.00. The standard InChI is InChI=1S/C64H82Cl2N13O15P/c1-33(2)51(75-55(82)41(72-36(5)80)11-8-9-17-67)56(83)74-42(12-10-18-69-59(68)86)54(81)73-40-15-13-37(14-16-40)29-92-60(87)76(6)19-20-77(7)61(88)93-45-21-43-49(47-34(3)25-70-52(45)47)38(23-65)27-78(43)57(84)62-30-63(32-64(62,63)31-62)58(85)79-28-39(24-66)50-44(79)22-46(94-95(89,90)91)53-48(50)35(4)26-71-53/h13-16,21-22,25-26,33,38-39,41-42,51,70-71H,8-12,17-20,23-24,27-32,67H2,1-7H3,(H,72,80)(H,73,81)(H,74,83)(H,75,82)(H3,68,69,86)(H2,89,90,91)/t38-,39-,41+,42+,51+,62?,63?,64?/m1/s1. The van der Waals surface area contributed by atoms with Crippen LogP contribution in [0.3, 0.4) is 0 Å². The first kappa shape index (κ1) is 69.7. The van der Waals surface area contributed by atoms with Crippen LogP contribution in [-0.4, -0.2) is 166 Å². The summed E-state index contributed by atoms with van der Waals surface area (Å²) in [5.74, 6) is -3.06. The lowest BCUT2D eigenvalue weighted by Gasteiger charge is -2.37. The van der Waals surface area contributed by atoms with Gasteiger partial charge in [0, 0.05) is 124 Å². The van der Waals surface area contributed by atoms with Crippen LogP contribution >= 0.6 is 31.0 Å². The van der Waals surface area contributed by atoms with E-state index < -0.39 is 90.0 Å². The Bertz CT molecular complexity index is 3940. The van der Waals surface area contributed by atoms with Gasteiger partial charge in [-0.3, -0.25) is 38.6 Å². The second-order valence-corrected chi connectivity index (χ2v) is 27.9. The number of nitrogens with two attached hydrogens (primary N) is 2. The molecular weight excluding hydrogens is 1290 g/mol. The minimum Gasteiger partial charge on any atom is -0.445 e. The number of carbonyl (C=O) groups is 9. The number of alkyl halides is 2. The highest BCUT2D eigenvalue weighted by molar-refractivity contribution is 7.46. The van der Waals surface area contributed by atoms with E-state index in [0.29, 0.717) is 84.1 Å². The average molecular weight is 1380 g/mol. The number of aryl methyl sites for hydroxylation is 2. The van der Waals surface area contributed by atoms with E-state index in [1.165, 1.54) is 36.9 Å². The summed E-state index contributed by atoms with van der Waals surface area (Å²) in [5, 5.41) is 14.8. The number of phosphoric ester groups is 1. The van der Waals surface area contributed by atoms with Gasteiger partial charge in [-0.15, -0.1) is 23.2 Å². The normalized spacial score (nSPS) is 21.2. The van der Waals surface area contributed by atoms with Crippen LogP contribution in [-0.2, 0) is 44.7 Å². The van der Waals surface area contributed by atoms with Crippen LogP contribution in [0.4, 0.5) is 31.4 Å². The predicted octanol–water partition coefficient (Wildman–Crippen LogP) is 6.29. The number of urea groups is 1. The number of rotatable bonds is 28. The summed E-state index contributed by atoms with van der Waals surface area (Å²) in [4.78, 5) is 154. The van der Waals surface area contributed by atoms with E-state index in [2.05, 4.69) is 36.6 Å². The molecule has 10 amide bonds. The van der Waals surface area contributed by atoms with Gasteiger partial charge in [-0.25, -0.2) is 18.9 Å². The number of nitrogens with one attached hydrogen (secondary N) is 7. The number of H-pyrrole nitrogens is 2. The molecule has 512 valence electrons. The molecule has 2 aromatic heterocycles. The fraction of sp³-hybridized carbons (Fsp3) is 0.516. The Morgan fingerprint density at radius 3 is 1.79 bits per heavy atom. The maximum atomic E-state index is 15.2. The Labute approximate surface area is 558 Å². The van der Waals surface area contributed by atoms with E-state index in [9.17, 15) is 52.7 Å². The maximum absolute atomic E-state index is 15.2. The van der Waals surface area contributed by atoms with Crippen molar-refractivity contribution in [1.29, 1.82) is 0 Å². The maximum Gasteiger partial charge on any atom is 0.524 e. The van der Waals surface area contributed by atoms with E-state index in [1.54, 1.807) is 66.4 Å². The number of aromatic nitrogens is 2. The molecule has 3 aromatic carbocycles. The molecule has 1 spiro atoms. The summed E-state index contributed by atoms with van der Waals surface area (Å²) < 4.78 is 29.0. The predicted molar refractivity (Wildman–Crippen MR) is 354 cm³/mol. The van der Waals surface area contributed by atoms with Gasteiger partial charge in [0.2, 0.25) is 35.4 Å². The number of nitrogens with zero attached hydrogens (tertiary/aromatic N) is 4. The van der Waals surface area contributed by atoms with Crippen LogP contribution in [0.15, 0.2) is 48.8 Å². The number of benzene rings is 3. The molecule has 28 nitrogen and oxygen atoms in total. The molecule has 5 aliphatic rings. The zero-order valence-electron chi connectivity index (χ0n) is 54.0. The fourth-order valence-electron chi connectivity index (χ4n) is 14.5. The molecule has 3 saturated carbocycles. The Morgan fingerprint density at radius 1 is 0.737 bits per heavy atom. The van der Waals surface area contributed by atoms with Crippen LogP contribution in [0.5, 0.6) is 11.5 Å². The van der Waals surface area contributed by atoms with E-state index in [-0.39, 0.29) is 99.1 Å². The lowest BCUT2D eigenvalue weighted by Crippen LogP contribution is -2.57. The van der Waals surface area contributed by atoms with Gasteiger partial charge in [0.25, 0.3) is 0 Å². The van der Waals surface area contributed by atoms with Gasteiger partial charge in [-0.05, 0) is 118 Å². The Hall–Kier alpha value is -8.14. The fourth-order valence-corrected chi connectivity index (χ4v) is 15.4. The molecule has 13 N–H and O–H groups in total. The van der Waals surface area contributed by atoms with Crippen molar-refractivity contribution >= 4 is 124 Å². The lowest BCUT2D eigenvalue weighted by molar-refractivity contribution is -0.134. The number of hydrogen-bond donors (Lipinski definition) is 11. The van der Waals surface area contributed by atoms with Gasteiger partial charge in [0.05, 0.1) is 33.2 Å². The molecule has 5 aromatic rings. The third kappa shape index (κ3) is 13.6. The quantitative estimate of drug-likeness (QED) is 0.0149. The van der Waals surface area contributed by atoms with Crippen LogP contribution < -0.4 is 57.1 Å². The van der Waals surface area contributed by atoms with Crippen LogP contribution in [0.2, 0.25) is 0 Å². The largest absolute Gasteiger partial charge is 0.524 e. The van der Waals surface area contributed by atoms with Crippen LogP contribution in [0.1, 0.15) is 112 Å². The summed E-state index contributed by atoms with van der Waals surface area (Å²) in [6, 6.07) is 5.71. The van der Waals surface area contributed by atoms with Gasteiger partial charge >= 0.3 is 26.0 Å². The number of aromatic amines is 2. The molecule has 0 bridgehead atoms. The number of halogens is 2. The molecule has 0 saturated heterocycles. The molecule has 95 heavy (non-hydrogen) atoms. The summed E-state index contributed by atoms with van der Waals surface area (Å²) in [6.45, 7) is 9.43. The number of unbranched alkanes of at least 4 members (excludes halogenated alkanes) is 1. The van der Waals surface area contributed by atoms with E-state index >= 15 is 4.79 Å². The van der Waals surface area contributed by atoms with Gasteiger partial charge in [0.1, 0.15) is 24.7 Å². The van der Waals surface area contributed by atoms with Crippen molar-refractivity contribution in [2.45, 2.75) is 123 Å². The molecule has 3 unspecified atom stereocenters. The van der Waals surface area contributed by atoms with Crippen LogP contribution in [0.25, 0.3) is 21.8 Å². The summed E-state index contributed by atoms with van der Waals surface area (Å²) >= 11 is 13.2. The number of hydrogen-bond acceptors (Lipinski definition) is 14. The van der Waals surface area contributed by atoms with Gasteiger partial charge in [-0.2, -0.15) is 0 Å². The van der Waals surface area contributed by atoms with Crippen LogP contribution in [0, 0.1) is 36.0 Å². The highest BCUT2D eigenvalue weighted by Crippen LogP contribution is 3.01. The first-order valence-electron chi connectivity index (χ1n) is 31.6. The number of likely N-dealkylation sites (N-methyl/N-ethyl adjacent to an activating group) is 2. The van der Waals surface area contributed by atoms with Crippen molar-refractivity contribution in [3.8, 4) is 11.5 Å². The molecule has 3 fully saturated rings. The summed E-state index contributed by atoms with van der Waals surface area (Å²) in [6.07, 6.45) is 5.18. The summed E-state index contributed by atoms with van der Waals surface area (Å²) in [5.41, 5.74) is 14.8. The second kappa shape index (κ2) is 27.5. The number of ether oxygens (including phenoxy) is 2. The zero-order chi connectivity index (χ0) is 68.8. The zero-order valence-corrected chi connectivity index (χ0v) is 56.4. The van der Waals surface area contributed by atoms with Gasteiger partial charge in [0.15, 0.2) is 11.5 Å². The third-order valence-electron chi connectivity index (χ3n) is 19.4. The van der Waals surface area contributed by atoms with E-state index in [1.807, 2.05) is 13.8 Å². The highest BCUT2D eigenvalue weighted by atomic mass is 35.5. The van der Waals surface area contributed by atoms with Crippen molar-refractivity contribution < 1.29 is 71.5 Å². The van der Waals surface area contributed by atoms with Gasteiger partial charge < -0.3 is 81.6 Å².